The summed E-state index contributed by atoms with van der Waals surface area (Å²) in [6.07, 6.45) is 0. The molecule has 5 nitrogen and oxygen atoms in total. The van der Waals surface area contributed by atoms with Crippen LogP contribution in [0.1, 0.15) is 17.3 Å². The molecule has 2 rings (SSSR count). The number of carbonyl (C=O) groups excluding carboxylic acids is 2. The van der Waals surface area contributed by atoms with Crippen LogP contribution >= 0.6 is 15.9 Å². The molecule has 0 fully saturated rings. The van der Waals surface area contributed by atoms with E-state index in [2.05, 4.69) is 15.9 Å². The third-order valence-electron chi connectivity index (χ3n) is 2.43. The van der Waals surface area contributed by atoms with Crippen LogP contribution in [0.5, 0.6) is 5.75 Å². The Morgan fingerprint density at radius 2 is 2.05 bits per heavy atom. The van der Waals surface area contributed by atoms with Crippen LogP contribution in [-0.2, 0) is 4.79 Å². The molecule has 19 heavy (non-hydrogen) atoms. The fourth-order valence-electron chi connectivity index (χ4n) is 1.56. The van der Waals surface area contributed by atoms with Gasteiger partial charge in [0.05, 0.1) is 0 Å². The molecule has 1 heterocycles. The predicted octanol–water partition coefficient (Wildman–Crippen LogP) is 2.30. The third-order valence-corrected chi connectivity index (χ3v) is 2.89. The number of halogens is 1. The summed E-state index contributed by atoms with van der Waals surface area (Å²) in [6, 6.07) is 6.06. The molecule has 0 aliphatic carbocycles. The van der Waals surface area contributed by atoms with E-state index in [1.807, 2.05) is 0 Å². The van der Waals surface area contributed by atoms with Gasteiger partial charge in [-0.1, -0.05) is 15.9 Å². The van der Waals surface area contributed by atoms with Crippen molar-refractivity contribution in [3.63, 3.8) is 0 Å². The number of ketones is 1. The summed E-state index contributed by atoms with van der Waals surface area (Å²) < 4.78 is 10.0. The van der Waals surface area contributed by atoms with Crippen molar-refractivity contribution in [2.75, 3.05) is 5.33 Å². The van der Waals surface area contributed by atoms with E-state index in [0.29, 0.717) is 5.39 Å². The second kappa shape index (κ2) is 5.36. The van der Waals surface area contributed by atoms with Gasteiger partial charge >= 0.3 is 11.6 Å². The zero-order chi connectivity index (χ0) is 14.0. The average molecular weight is 325 g/mol. The van der Waals surface area contributed by atoms with Gasteiger partial charge in [-0.05, 0) is 25.1 Å². The van der Waals surface area contributed by atoms with Crippen LogP contribution < -0.4 is 10.4 Å². The van der Waals surface area contributed by atoms with Crippen LogP contribution in [0.25, 0.3) is 11.0 Å². The highest BCUT2D eigenvalue weighted by Gasteiger charge is 2.11. The fourth-order valence-corrected chi connectivity index (χ4v) is 1.67. The van der Waals surface area contributed by atoms with Gasteiger partial charge in [0.1, 0.15) is 22.2 Å². The van der Waals surface area contributed by atoms with Crippen molar-refractivity contribution in [1.82, 2.24) is 0 Å². The molecule has 1 aromatic carbocycles. The first kappa shape index (κ1) is 13.5. The standard InChI is InChI=1S/C13H9BrO5/c1-7(15)10-4-8-2-3-9(18-12(16)6-14)5-11(8)19-13(10)17/h2-5H,6H2,1H3. The first-order chi connectivity index (χ1) is 9.01. The van der Waals surface area contributed by atoms with Crippen molar-refractivity contribution in [3.8, 4) is 5.75 Å². The molecule has 0 amide bonds. The number of fused-ring (bicyclic) bond motifs is 1. The summed E-state index contributed by atoms with van der Waals surface area (Å²) in [5.74, 6) is -0.539. The molecular weight excluding hydrogens is 316 g/mol. The normalized spacial score (nSPS) is 10.4. The molecule has 0 N–H and O–H groups in total. The molecule has 0 bridgehead atoms. The Morgan fingerprint density at radius 3 is 2.68 bits per heavy atom. The van der Waals surface area contributed by atoms with E-state index < -0.39 is 11.6 Å². The van der Waals surface area contributed by atoms with Gasteiger partial charge in [-0.25, -0.2) is 4.79 Å². The van der Waals surface area contributed by atoms with Gasteiger partial charge in [0, 0.05) is 11.5 Å². The van der Waals surface area contributed by atoms with Crippen LogP contribution in [0.2, 0.25) is 0 Å². The Balaban J connectivity index is 2.50. The molecule has 0 atom stereocenters. The maximum Gasteiger partial charge on any atom is 0.347 e. The van der Waals surface area contributed by atoms with Crippen molar-refractivity contribution < 1.29 is 18.7 Å². The Labute approximate surface area is 116 Å². The molecule has 1 aromatic heterocycles. The van der Waals surface area contributed by atoms with E-state index in [4.69, 9.17) is 9.15 Å². The number of alkyl halides is 1. The molecule has 0 unspecified atom stereocenters. The smallest absolute Gasteiger partial charge is 0.347 e. The zero-order valence-electron chi connectivity index (χ0n) is 9.94. The molecule has 0 spiro atoms. The minimum atomic E-state index is -0.705. The Hall–Kier alpha value is -1.95. The first-order valence-corrected chi connectivity index (χ1v) is 6.49. The van der Waals surface area contributed by atoms with Crippen molar-refractivity contribution in [2.45, 2.75) is 6.92 Å². The van der Waals surface area contributed by atoms with E-state index in [-0.39, 0.29) is 28.0 Å². The lowest BCUT2D eigenvalue weighted by Gasteiger charge is -2.04. The van der Waals surface area contributed by atoms with Crippen molar-refractivity contribution in [1.29, 1.82) is 0 Å². The summed E-state index contributed by atoms with van der Waals surface area (Å²) in [6.45, 7) is 1.30. The van der Waals surface area contributed by atoms with E-state index in [0.717, 1.165) is 0 Å². The SMILES string of the molecule is CC(=O)c1cc2ccc(OC(=O)CBr)cc2oc1=O. The number of esters is 1. The van der Waals surface area contributed by atoms with Gasteiger partial charge in [-0.2, -0.15) is 0 Å². The van der Waals surface area contributed by atoms with Crippen molar-refractivity contribution in [3.05, 3.63) is 40.2 Å². The van der Waals surface area contributed by atoms with Gasteiger partial charge < -0.3 is 9.15 Å². The minimum absolute atomic E-state index is 0.00213. The first-order valence-electron chi connectivity index (χ1n) is 5.37. The fraction of sp³-hybridized carbons (Fsp3) is 0.154. The highest BCUT2D eigenvalue weighted by atomic mass is 79.9. The Morgan fingerprint density at radius 1 is 1.32 bits per heavy atom. The number of hydrogen-bond acceptors (Lipinski definition) is 5. The molecule has 0 saturated carbocycles. The number of ether oxygens (including phenoxy) is 1. The van der Waals surface area contributed by atoms with Crippen LogP contribution in [0.15, 0.2) is 33.5 Å². The van der Waals surface area contributed by atoms with Gasteiger partial charge in [-0.3, -0.25) is 9.59 Å². The molecular formula is C13H9BrO5. The monoisotopic (exact) mass is 324 g/mol. The molecule has 0 aliphatic heterocycles. The van der Waals surface area contributed by atoms with E-state index in [1.165, 1.54) is 19.1 Å². The molecule has 0 saturated heterocycles. The lowest BCUT2D eigenvalue weighted by Crippen LogP contribution is -2.11. The molecule has 98 valence electrons. The number of carbonyl (C=O) groups is 2. The quantitative estimate of drug-likeness (QED) is 0.285. The summed E-state index contributed by atoms with van der Waals surface area (Å²) in [5, 5.41) is 0.654. The number of Topliss-reactive ketones (excluding diaryl/α,β-unsaturated/α-hetero) is 1. The molecule has 0 aliphatic rings. The lowest BCUT2D eigenvalue weighted by molar-refractivity contribution is -0.131. The van der Waals surface area contributed by atoms with E-state index >= 15 is 0 Å². The third kappa shape index (κ3) is 2.90. The van der Waals surface area contributed by atoms with Gasteiger partial charge in [0.2, 0.25) is 0 Å². The van der Waals surface area contributed by atoms with Crippen LogP contribution in [0.4, 0.5) is 0 Å². The van der Waals surface area contributed by atoms with Gasteiger partial charge in [0.15, 0.2) is 5.78 Å². The Bertz CT molecular complexity index is 717. The van der Waals surface area contributed by atoms with Gasteiger partial charge in [-0.15, -0.1) is 0 Å². The largest absolute Gasteiger partial charge is 0.426 e. The summed E-state index contributed by atoms with van der Waals surface area (Å²) >= 11 is 2.97. The second-order valence-electron chi connectivity index (χ2n) is 3.81. The lowest BCUT2D eigenvalue weighted by atomic mass is 10.1. The van der Waals surface area contributed by atoms with E-state index in [9.17, 15) is 14.4 Å². The highest BCUT2D eigenvalue weighted by molar-refractivity contribution is 9.09. The second-order valence-corrected chi connectivity index (χ2v) is 4.37. The van der Waals surface area contributed by atoms with E-state index in [1.54, 1.807) is 12.1 Å². The van der Waals surface area contributed by atoms with Crippen LogP contribution in [0, 0.1) is 0 Å². The minimum Gasteiger partial charge on any atom is -0.426 e. The predicted molar refractivity (Wildman–Crippen MR) is 71.9 cm³/mol. The molecule has 0 radical (unpaired) electrons. The maximum atomic E-state index is 11.6. The highest BCUT2D eigenvalue weighted by Crippen LogP contribution is 2.20. The molecule has 6 heteroatoms. The summed E-state index contributed by atoms with van der Waals surface area (Å²) in [5.41, 5.74) is -0.448. The van der Waals surface area contributed by atoms with Crippen LogP contribution in [-0.4, -0.2) is 17.1 Å². The maximum absolute atomic E-state index is 11.6. The summed E-state index contributed by atoms with van der Waals surface area (Å²) in [4.78, 5) is 33.9. The zero-order valence-corrected chi connectivity index (χ0v) is 11.5. The van der Waals surface area contributed by atoms with Crippen molar-refractivity contribution in [2.24, 2.45) is 0 Å². The average Bonchev–Trinajstić information content (AvgIpc) is 2.37. The molecule has 2 aromatic rings. The number of rotatable bonds is 3. The topological polar surface area (TPSA) is 73.6 Å². The Kier molecular flexibility index (Phi) is 3.80. The van der Waals surface area contributed by atoms with Gasteiger partial charge in [0.25, 0.3) is 0 Å². The van der Waals surface area contributed by atoms with Crippen LogP contribution in [0.3, 0.4) is 0 Å². The summed E-state index contributed by atoms with van der Waals surface area (Å²) in [7, 11) is 0. The number of benzene rings is 1. The van der Waals surface area contributed by atoms with Crippen molar-refractivity contribution >= 4 is 38.7 Å². The number of hydrogen-bond donors (Lipinski definition) is 0.